The zero-order valence-corrected chi connectivity index (χ0v) is 11.6. The van der Waals surface area contributed by atoms with E-state index < -0.39 is 0 Å². The van der Waals surface area contributed by atoms with Crippen LogP contribution >= 0.6 is 0 Å². The molecule has 2 fully saturated rings. The molecule has 0 saturated carbocycles. The first-order chi connectivity index (χ1) is 8.21. The molecule has 2 rings (SSSR count). The predicted octanol–water partition coefficient (Wildman–Crippen LogP) is 3.29. The van der Waals surface area contributed by atoms with Crippen molar-refractivity contribution in [2.75, 3.05) is 13.2 Å². The molecule has 100 valence electrons. The molecule has 0 radical (unpaired) electrons. The molecule has 0 N–H and O–H groups in total. The fraction of sp³-hybridized carbons (Fsp3) is 0.857. The number of hydrogen-bond donors (Lipinski definition) is 0. The van der Waals surface area contributed by atoms with Crippen molar-refractivity contribution in [1.29, 1.82) is 0 Å². The second kappa shape index (κ2) is 6.53. The van der Waals surface area contributed by atoms with Crippen molar-refractivity contribution < 1.29 is 14.2 Å². The topological polar surface area (TPSA) is 27.7 Å². The fourth-order valence-corrected chi connectivity index (χ4v) is 2.37. The Hall–Kier alpha value is -0.380. The Morgan fingerprint density at radius 3 is 2.53 bits per heavy atom. The van der Waals surface area contributed by atoms with Gasteiger partial charge in [-0.25, -0.2) is 0 Å². The van der Waals surface area contributed by atoms with Crippen molar-refractivity contribution in [2.45, 2.75) is 65.0 Å². The quantitative estimate of drug-likeness (QED) is 0.711. The summed E-state index contributed by atoms with van der Waals surface area (Å²) in [5, 5.41) is 0. The third-order valence-electron chi connectivity index (χ3n) is 3.19. The van der Waals surface area contributed by atoms with E-state index >= 15 is 0 Å². The van der Waals surface area contributed by atoms with Gasteiger partial charge in [-0.2, -0.15) is 0 Å². The first-order valence-electron chi connectivity index (χ1n) is 6.82. The maximum Gasteiger partial charge on any atom is 0.169 e. The number of hydrogen-bond acceptors (Lipinski definition) is 3. The molecule has 3 atom stereocenters. The molecule has 0 amide bonds. The maximum atomic E-state index is 6.05. The van der Waals surface area contributed by atoms with Crippen LogP contribution in [0.1, 0.15) is 47.0 Å². The molecule has 0 aromatic carbocycles. The van der Waals surface area contributed by atoms with Crippen LogP contribution in [0.3, 0.4) is 0 Å². The van der Waals surface area contributed by atoms with E-state index in [2.05, 4.69) is 20.4 Å². The zero-order chi connectivity index (χ0) is 12.9. The number of rotatable bonds is 3. The van der Waals surface area contributed by atoms with Crippen LogP contribution in [0.5, 0.6) is 0 Å². The minimum absolute atomic E-state index is 0.0465. The van der Waals surface area contributed by atoms with Crippen LogP contribution in [0.15, 0.2) is 12.2 Å². The van der Waals surface area contributed by atoms with Gasteiger partial charge in [0.2, 0.25) is 0 Å². The molecule has 3 nitrogen and oxygen atoms in total. The fourth-order valence-electron chi connectivity index (χ4n) is 2.37. The van der Waals surface area contributed by atoms with Gasteiger partial charge in [-0.15, -0.1) is 0 Å². The van der Waals surface area contributed by atoms with E-state index in [9.17, 15) is 0 Å². The van der Waals surface area contributed by atoms with Crippen molar-refractivity contribution >= 4 is 0 Å². The lowest BCUT2D eigenvalue weighted by Crippen LogP contribution is -2.35. The third kappa shape index (κ3) is 3.09. The Morgan fingerprint density at radius 1 is 1.29 bits per heavy atom. The van der Waals surface area contributed by atoms with Gasteiger partial charge in [0.1, 0.15) is 12.2 Å². The van der Waals surface area contributed by atoms with E-state index in [1.807, 2.05) is 13.8 Å². The number of ether oxygens (including phenoxy) is 3. The van der Waals surface area contributed by atoms with E-state index in [0.29, 0.717) is 13.2 Å². The molecule has 0 spiro atoms. The second-order valence-corrected chi connectivity index (χ2v) is 4.38. The molecule has 0 aliphatic carbocycles. The zero-order valence-electron chi connectivity index (χ0n) is 11.6. The molecule has 0 bridgehead atoms. The molecule has 17 heavy (non-hydrogen) atoms. The minimum Gasteiger partial charge on any atom is -0.374 e. The van der Waals surface area contributed by atoms with E-state index in [-0.39, 0.29) is 18.0 Å². The second-order valence-electron chi connectivity index (χ2n) is 4.38. The third-order valence-corrected chi connectivity index (χ3v) is 3.19. The van der Waals surface area contributed by atoms with Gasteiger partial charge in [-0.05, 0) is 12.0 Å². The Morgan fingerprint density at radius 2 is 2.00 bits per heavy atom. The Bertz CT molecular complexity index is 252. The minimum atomic E-state index is -0.388. The van der Waals surface area contributed by atoms with Gasteiger partial charge < -0.3 is 14.2 Å². The first-order valence-corrected chi connectivity index (χ1v) is 6.82. The van der Waals surface area contributed by atoms with Gasteiger partial charge in [0.05, 0.1) is 13.2 Å². The average Bonchev–Trinajstić information content (AvgIpc) is 2.73. The summed E-state index contributed by atoms with van der Waals surface area (Å²) >= 11 is 0. The molecule has 2 aliphatic heterocycles. The predicted molar refractivity (Wildman–Crippen MR) is 69.0 cm³/mol. The number of fused-ring (bicyclic) bond motifs is 1. The molecule has 0 aromatic heterocycles. The Labute approximate surface area is 105 Å². The largest absolute Gasteiger partial charge is 0.374 e. The highest BCUT2D eigenvalue weighted by Crippen LogP contribution is 2.39. The van der Waals surface area contributed by atoms with Crippen LogP contribution in [0.4, 0.5) is 0 Å². The van der Waals surface area contributed by atoms with Gasteiger partial charge in [-0.1, -0.05) is 40.7 Å². The summed E-state index contributed by atoms with van der Waals surface area (Å²) in [7, 11) is 0. The molecule has 2 saturated heterocycles. The smallest absolute Gasteiger partial charge is 0.169 e. The monoisotopic (exact) mass is 242 g/mol. The summed E-state index contributed by atoms with van der Waals surface area (Å²) in [6.07, 6.45) is 3.01. The van der Waals surface area contributed by atoms with Gasteiger partial charge >= 0.3 is 0 Å². The molecule has 2 heterocycles. The average molecular weight is 242 g/mol. The summed E-state index contributed by atoms with van der Waals surface area (Å²) < 4.78 is 17.5. The van der Waals surface area contributed by atoms with Crippen LogP contribution in [0.2, 0.25) is 0 Å². The normalized spacial score (nSPS) is 36.1. The summed E-state index contributed by atoms with van der Waals surface area (Å²) in [6, 6.07) is 0. The van der Waals surface area contributed by atoms with E-state index in [1.54, 1.807) is 0 Å². The molecular formula is C14H26O3. The van der Waals surface area contributed by atoms with Crippen LogP contribution in [0.25, 0.3) is 0 Å². The van der Waals surface area contributed by atoms with Crippen molar-refractivity contribution in [3.05, 3.63) is 12.2 Å². The Balaban J connectivity index is 0.000000686. The summed E-state index contributed by atoms with van der Waals surface area (Å²) in [4.78, 5) is 0. The Kier molecular flexibility index (Phi) is 5.63. The molecular weight excluding hydrogens is 216 g/mol. The van der Waals surface area contributed by atoms with Gasteiger partial charge in [0.25, 0.3) is 0 Å². The SMILES string of the molecule is C=C1COCC2OC(CC)(CCC)OC12.CC. The van der Waals surface area contributed by atoms with Gasteiger partial charge in [-0.3, -0.25) is 0 Å². The standard InChI is InChI=1S/C12H20O3.C2H6/c1-4-6-12(5-2)14-10-8-13-7-9(3)11(10)15-12;1-2/h10-11H,3-8H2,1-2H3;1-2H3. The molecule has 2 aliphatic rings. The van der Waals surface area contributed by atoms with Crippen LogP contribution in [-0.4, -0.2) is 31.2 Å². The lowest BCUT2D eigenvalue weighted by Gasteiger charge is -2.26. The summed E-state index contributed by atoms with van der Waals surface area (Å²) in [5.74, 6) is -0.388. The lowest BCUT2D eigenvalue weighted by molar-refractivity contribution is -0.180. The molecule has 0 aromatic rings. The first kappa shape index (κ1) is 14.7. The van der Waals surface area contributed by atoms with E-state index in [4.69, 9.17) is 14.2 Å². The van der Waals surface area contributed by atoms with Crippen LogP contribution < -0.4 is 0 Å². The molecule has 3 heteroatoms. The van der Waals surface area contributed by atoms with E-state index in [0.717, 1.165) is 24.8 Å². The maximum absolute atomic E-state index is 6.05. The summed E-state index contributed by atoms with van der Waals surface area (Å²) in [5.41, 5.74) is 1.01. The van der Waals surface area contributed by atoms with Crippen molar-refractivity contribution in [2.24, 2.45) is 0 Å². The highest BCUT2D eigenvalue weighted by atomic mass is 16.8. The van der Waals surface area contributed by atoms with Gasteiger partial charge in [0.15, 0.2) is 5.79 Å². The highest BCUT2D eigenvalue weighted by Gasteiger charge is 2.48. The molecule has 3 unspecified atom stereocenters. The highest BCUT2D eigenvalue weighted by molar-refractivity contribution is 5.11. The van der Waals surface area contributed by atoms with Crippen molar-refractivity contribution in [3.8, 4) is 0 Å². The van der Waals surface area contributed by atoms with Crippen molar-refractivity contribution in [3.63, 3.8) is 0 Å². The van der Waals surface area contributed by atoms with Crippen LogP contribution in [-0.2, 0) is 14.2 Å². The van der Waals surface area contributed by atoms with Gasteiger partial charge in [0, 0.05) is 6.42 Å². The summed E-state index contributed by atoms with van der Waals surface area (Å²) in [6.45, 7) is 13.5. The lowest BCUT2D eigenvalue weighted by atomic mass is 10.1. The van der Waals surface area contributed by atoms with Crippen molar-refractivity contribution in [1.82, 2.24) is 0 Å². The van der Waals surface area contributed by atoms with Crippen LogP contribution in [0, 0.1) is 0 Å². The van der Waals surface area contributed by atoms with E-state index in [1.165, 1.54) is 0 Å².